The van der Waals surface area contributed by atoms with Crippen molar-refractivity contribution in [1.82, 2.24) is 0 Å². The molecule has 0 aromatic heterocycles. The summed E-state index contributed by atoms with van der Waals surface area (Å²) in [7, 11) is -2.92. The number of carbonyl (C=O) groups is 1. The standard InChI is InChI=1S/C8H16O3S/c1-4-8(7(2)9)5-6-12(3,10)11/h8H,4-6H2,1-3H3. The second-order valence-corrected chi connectivity index (χ2v) is 5.39. The number of hydrogen-bond acceptors (Lipinski definition) is 3. The first-order chi connectivity index (χ1) is 5.37. The van der Waals surface area contributed by atoms with Gasteiger partial charge >= 0.3 is 0 Å². The van der Waals surface area contributed by atoms with E-state index in [0.29, 0.717) is 6.42 Å². The van der Waals surface area contributed by atoms with Gasteiger partial charge in [0.15, 0.2) is 0 Å². The smallest absolute Gasteiger partial charge is 0.147 e. The zero-order chi connectivity index (χ0) is 9.78. The largest absolute Gasteiger partial charge is 0.300 e. The third-order valence-electron chi connectivity index (χ3n) is 1.90. The molecule has 0 saturated heterocycles. The second kappa shape index (κ2) is 4.60. The summed E-state index contributed by atoms with van der Waals surface area (Å²) in [6.45, 7) is 3.41. The predicted octanol–water partition coefficient (Wildman–Crippen LogP) is 1.04. The molecule has 0 aliphatic rings. The molecule has 0 saturated carbocycles. The van der Waals surface area contributed by atoms with Crippen molar-refractivity contribution in [3.8, 4) is 0 Å². The van der Waals surface area contributed by atoms with Gasteiger partial charge < -0.3 is 0 Å². The SMILES string of the molecule is CCC(CCS(C)(=O)=O)C(C)=O. The van der Waals surface area contributed by atoms with Crippen LogP contribution in [0.25, 0.3) is 0 Å². The first-order valence-electron chi connectivity index (χ1n) is 4.05. The third-order valence-corrected chi connectivity index (χ3v) is 2.88. The summed E-state index contributed by atoms with van der Waals surface area (Å²) < 4.78 is 21.5. The van der Waals surface area contributed by atoms with E-state index in [0.717, 1.165) is 6.42 Å². The van der Waals surface area contributed by atoms with Crippen molar-refractivity contribution in [3.05, 3.63) is 0 Å². The Hall–Kier alpha value is -0.380. The highest BCUT2D eigenvalue weighted by atomic mass is 32.2. The average Bonchev–Trinajstić information content (AvgIpc) is 1.85. The molecule has 1 atom stereocenters. The summed E-state index contributed by atoms with van der Waals surface area (Å²) in [5, 5.41) is 0. The van der Waals surface area contributed by atoms with Gasteiger partial charge in [0.05, 0.1) is 5.75 Å². The van der Waals surface area contributed by atoms with Crippen LogP contribution in [0.1, 0.15) is 26.7 Å². The number of rotatable bonds is 5. The van der Waals surface area contributed by atoms with E-state index in [2.05, 4.69) is 0 Å². The van der Waals surface area contributed by atoms with Gasteiger partial charge in [0.25, 0.3) is 0 Å². The molecule has 0 aromatic carbocycles. The Balaban J connectivity index is 3.98. The highest BCUT2D eigenvalue weighted by molar-refractivity contribution is 7.90. The minimum Gasteiger partial charge on any atom is -0.300 e. The summed E-state index contributed by atoms with van der Waals surface area (Å²) in [6.07, 6.45) is 2.38. The Labute approximate surface area is 74.1 Å². The van der Waals surface area contributed by atoms with Crippen molar-refractivity contribution < 1.29 is 13.2 Å². The van der Waals surface area contributed by atoms with Crippen LogP contribution in [0.3, 0.4) is 0 Å². The molecule has 3 nitrogen and oxygen atoms in total. The van der Waals surface area contributed by atoms with Crippen LogP contribution in [0.15, 0.2) is 0 Å². The molecule has 0 aliphatic heterocycles. The molecule has 1 unspecified atom stereocenters. The van der Waals surface area contributed by atoms with E-state index in [1.807, 2.05) is 6.92 Å². The Morgan fingerprint density at radius 2 is 1.92 bits per heavy atom. The van der Waals surface area contributed by atoms with E-state index < -0.39 is 9.84 Å². The van der Waals surface area contributed by atoms with E-state index in [9.17, 15) is 13.2 Å². The molecule has 0 aromatic rings. The first kappa shape index (κ1) is 11.6. The van der Waals surface area contributed by atoms with E-state index in [4.69, 9.17) is 0 Å². The molecule has 0 aliphatic carbocycles. The fourth-order valence-electron chi connectivity index (χ4n) is 1.05. The van der Waals surface area contributed by atoms with Crippen LogP contribution in [0, 0.1) is 5.92 Å². The minimum atomic E-state index is -2.92. The molecular formula is C8H16O3S. The van der Waals surface area contributed by atoms with Crippen molar-refractivity contribution in [2.45, 2.75) is 26.7 Å². The molecule has 4 heteroatoms. The molecule has 0 fully saturated rings. The van der Waals surface area contributed by atoms with Crippen molar-refractivity contribution in [3.63, 3.8) is 0 Å². The topological polar surface area (TPSA) is 51.2 Å². The quantitative estimate of drug-likeness (QED) is 0.654. The second-order valence-electron chi connectivity index (χ2n) is 3.13. The molecule has 0 amide bonds. The van der Waals surface area contributed by atoms with Gasteiger partial charge in [-0.1, -0.05) is 6.92 Å². The van der Waals surface area contributed by atoms with Gasteiger partial charge in [0.2, 0.25) is 0 Å². The average molecular weight is 192 g/mol. The fraction of sp³-hybridized carbons (Fsp3) is 0.875. The van der Waals surface area contributed by atoms with Gasteiger partial charge in [-0.05, 0) is 19.8 Å². The van der Waals surface area contributed by atoms with Crippen molar-refractivity contribution >= 4 is 15.6 Å². The van der Waals surface area contributed by atoms with Crippen molar-refractivity contribution in [2.24, 2.45) is 5.92 Å². The van der Waals surface area contributed by atoms with Gasteiger partial charge in [-0.2, -0.15) is 0 Å². The maximum absolute atomic E-state index is 10.9. The lowest BCUT2D eigenvalue weighted by Gasteiger charge is -2.08. The van der Waals surface area contributed by atoms with E-state index in [-0.39, 0.29) is 17.5 Å². The van der Waals surface area contributed by atoms with Crippen LogP contribution < -0.4 is 0 Å². The maximum Gasteiger partial charge on any atom is 0.147 e. The summed E-state index contributed by atoms with van der Waals surface area (Å²) in [4.78, 5) is 10.9. The van der Waals surface area contributed by atoms with Crippen LogP contribution in [-0.2, 0) is 14.6 Å². The number of ketones is 1. The molecule has 0 radical (unpaired) electrons. The lowest BCUT2D eigenvalue weighted by Crippen LogP contribution is -2.15. The highest BCUT2D eigenvalue weighted by Gasteiger charge is 2.14. The molecule has 0 heterocycles. The van der Waals surface area contributed by atoms with Gasteiger partial charge in [-0.3, -0.25) is 4.79 Å². The zero-order valence-corrected chi connectivity index (χ0v) is 8.65. The normalized spacial score (nSPS) is 14.2. The maximum atomic E-state index is 10.9. The third kappa shape index (κ3) is 5.29. The fourth-order valence-corrected chi connectivity index (χ4v) is 1.76. The Morgan fingerprint density at radius 3 is 2.17 bits per heavy atom. The van der Waals surface area contributed by atoms with E-state index >= 15 is 0 Å². The number of carbonyl (C=O) groups excluding carboxylic acids is 1. The molecule has 0 bridgehead atoms. The Morgan fingerprint density at radius 1 is 1.42 bits per heavy atom. The molecule has 0 N–H and O–H groups in total. The predicted molar refractivity (Wildman–Crippen MR) is 48.8 cm³/mol. The zero-order valence-electron chi connectivity index (χ0n) is 7.83. The molecule has 12 heavy (non-hydrogen) atoms. The van der Waals surface area contributed by atoms with Crippen LogP contribution >= 0.6 is 0 Å². The number of Topliss-reactive ketones (excluding diaryl/α,β-unsaturated/α-hetero) is 1. The van der Waals surface area contributed by atoms with Crippen LogP contribution in [0.2, 0.25) is 0 Å². The lowest BCUT2D eigenvalue weighted by molar-refractivity contribution is -0.120. The Bertz CT molecular complexity index is 241. The number of sulfone groups is 1. The number of hydrogen-bond donors (Lipinski definition) is 0. The minimum absolute atomic E-state index is 0.0836. The summed E-state index contributed by atoms with van der Waals surface area (Å²) in [6, 6.07) is 0. The molecule has 72 valence electrons. The Kier molecular flexibility index (Phi) is 4.45. The van der Waals surface area contributed by atoms with Crippen LogP contribution in [0.5, 0.6) is 0 Å². The van der Waals surface area contributed by atoms with Crippen molar-refractivity contribution in [1.29, 1.82) is 0 Å². The summed E-state index contributed by atoms with van der Waals surface area (Å²) in [5.74, 6) is 0.117. The van der Waals surface area contributed by atoms with E-state index in [1.165, 1.54) is 13.2 Å². The molecule has 0 rings (SSSR count). The molecular weight excluding hydrogens is 176 g/mol. The van der Waals surface area contributed by atoms with Crippen molar-refractivity contribution in [2.75, 3.05) is 12.0 Å². The van der Waals surface area contributed by atoms with Crippen LogP contribution in [-0.4, -0.2) is 26.2 Å². The summed E-state index contributed by atoms with van der Waals surface area (Å²) in [5.41, 5.74) is 0. The highest BCUT2D eigenvalue weighted by Crippen LogP contribution is 2.10. The monoisotopic (exact) mass is 192 g/mol. The van der Waals surface area contributed by atoms with Gasteiger partial charge in [0, 0.05) is 12.2 Å². The van der Waals surface area contributed by atoms with Gasteiger partial charge in [-0.25, -0.2) is 8.42 Å². The van der Waals surface area contributed by atoms with Gasteiger partial charge in [-0.15, -0.1) is 0 Å². The lowest BCUT2D eigenvalue weighted by atomic mass is 10.00. The first-order valence-corrected chi connectivity index (χ1v) is 6.11. The van der Waals surface area contributed by atoms with Crippen LogP contribution in [0.4, 0.5) is 0 Å². The van der Waals surface area contributed by atoms with Gasteiger partial charge in [0.1, 0.15) is 15.6 Å². The molecule has 0 spiro atoms. The van der Waals surface area contributed by atoms with E-state index in [1.54, 1.807) is 0 Å². The summed E-state index contributed by atoms with van der Waals surface area (Å²) >= 11 is 0.